The van der Waals surface area contributed by atoms with Crippen molar-refractivity contribution in [1.29, 1.82) is 0 Å². The maximum absolute atomic E-state index is 5.04. The van der Waals surface area contributed by atoms with E-state index >= 15 is 0 Å². The topological polar surface area (TPSA) is 56.0 Å². The zero-order valence-electron chi connectivity index (χ0n) is 24.6. The molecule has 0 saturated heterocycles. The minimum Gasteiger partial charge on any atom is -0.306 e. The third-order valence-corrected chi connectivity index (χ3v) is 9.44. The van der Waals surface area contributed by atoms with Crippen molar-refractivity contribution in [2.75, 3.05) is 0 Å². The molecule has 5 aromatic carbocycles. The van der Waals surface area contributed by atoms with E-state index in [4.69, 9.17) is 19.9 Å². The Balaban J connectivity index is 1.11. The first-order valence-electron chi connectivity index (χ1n) is 15.1. The van der Waals surface area contributed by atoms with E-state index in [1.54, 1.807) is 11.3 Å². The van der Waals surface area contributed by atoms with Gasteiger partial charge in [-0.05, 0) is 41.5 Å². The van der Waals surface area contributed by atoms with E-state index in [0.29, 0.717) is 17.5 Å². The largest absolute Gasteiger partial charge is 0.306 e. The number of hydrogen-bond acceptors (Lipinski definition) is 5. The van der Waals surface area contributed by atoms with Crippen LogP contribution in [0.2, 0.25) is 0 Å². The molecule has 0 spiro atoms. The molecule has 0 radical (unpaired) electrons. The highest BCUT2D eigenvalue weighted by Crippen LogP contribution is 2.36. The summed E-state index contributed by atoms with van der Waals surface area (Å²) in [5.41, 5.74) is 8.03. The van der Waals surface area contributed by atoms with Crippen LogP contribution in [0.4, 0.5) is 0 Å². The first-order valence-corrected chi connectivity index (χ1v) is 15.9. The molecule has 0 unspecified atom stereocenters. The molecule has 0 N–H and O–H groups in total. The van der Waals surface area contributed by atoms with Crippen molar-refractivity contribution in [3.8, 4) is 56.5 Å². The lowest BCUT2D eigenvalue weighted by atomic mass is 10.0. The summed E-state index contributed by atoms with van der Waals surface area (Å²) in [6.45, 7) is 0. The predicted octanol–water partition coefficient (Wildman–Crippen LogP) is 10.2. The third-order valence-electron chi connectivity index (χ3n) is 8.30. The Morgan fingerprint density at radius 3 is 1.87 bits per heavy atom. The first-order chi connectivity index (χ1) is 22.7. The Labute approximate surface area is 269 Å². The lowest BCUT2D eigenvalue weighted by Crippen LogP contribution is -2.00. The van der Waals surface area contributed by atoms with Gasteiger partial charge in [0, 0.05) is 54.8 Å². The molecule has 0 saturated carbocycles. The maximum Gasteiger partial charge on any atom is 0.164 e. The second-order valence-corrected chi connectivity index (χ2v) is 12.3. The van der Waals surface area contributed by atoms with Gasteiger partial charge < -0.3 is 4.40 Å². The SMILES string of the molecule is c1ccc(-c2nc(-c3cccc(-c4ccc(-c5cn6ccccc6n5)cc4)c3)nc(-c3ccc4c(c3)sc3ccccc34)n2)cc1. The summed E-state index contributed by atoms with van der Waals surface area (Å²) in [5, 5.41) is 2.53. The van der Waals surface area contributed by atoms with Gasteiger partial charge in [-0.25, -0.2) is 19.9 Å². The monoisotopic (exact) mass is 607 g/mol. The highest BCUT2D eigenvalue weighted by Gasteiger charge is 2.15. The van der Waals surface area contributed by atoms with Gasteiger partial charge in [-0.3, -0.25) is 0 Å². The van der Waals surface area contributed by atoms with Crippen LogP contribution in [0.15, 0.2) is 152 Å². The average Bonchev–Trinajstić information content (AvgIpc) is 3.73. The predicted molar refractivity (Wildman–Crippen MR) is 189 cm³/mol. The summed E-state index contributed by atoms with van der Waals surface area (Å²) in [6, 6.07) is 48.2. The lowest BCUT2D eigenvalue weighted by molar-refractivity contribution is 1.07. The second-order valence-electron chi connectivity index (χ2n) is 11.2. The van der Waals surface area contributed by atoms with Gasteiger partial charge in [0.2, 0.25) is 0 Å². The molecule has 9 aromatic rings. The smallest absolute Gasteiger partial charge is 0.164 e. The highest BCUT2D eigenvalue weighted by atomic mass is 32.1. The van der Waals surface area contributed by atoms with Crippen LogP contribution >= 0.6 is 11.3 Å². The summed E-state index contributed by atoms with van der Waals surface area (Å²) in [4.78, 5) is 19.8. The van der Waals surface area contributed by atoms with Crippen LogP contribution in [0.3, 0.4) is 0 Å². The van der Waals surface area contributed by atoms with E-state index in [0.717, 1.165) is 44.7 Å². The molecule has 46 heavy (non-hydrogen) atoms. The minimum atomic E-state index is 0.642. The van der Waals surface area contributed by atoms with E-state index in [-0.39, 0.29) is 0 Å². The Morgan fingerprint density at radius 1 is 0.413 bits per heavy atom. The van der Waals surface area contributed by atoms with Gasteiger partial charge in [-0.2, -0.15) is 0 Å². The number of pyridine rings is 1. The zero-order valence-corrected chi connectivity index (χ0v) is 25.4. The van der Waals surface area contributed by atoms with Gasteiger partial charge in [0.25, 0.3) is 0 Å². The van der Waals surface area contributed by atoms with Crippen LogP contribution in [0.5, 0.6) is 0 Å². The molecule has 0 bridgehead atoms. The summed E-state index contributed by atoms with van der Waals surface area (Å²) in [7, 11) is 0. The van der Waals surface area contributed by atoms with Gasteiger partial charge in [0.15, 0.2) is 17.5 Å². The lowest BCUT2D eigenvalue weighted by Gasteiger charge is -2.10. The molecule has 9 rings (SSSR count). The van der Waals surface area contributed by atoms with Gasteiger partial charge >= 0.3 is 0 Å². The number of hydrogen-bond donors (Lipinski definition) is 0. The molecule has 216 valence electrons. The van der Waals surface area contributed by atoms with Crippen LogP contribution in [-0.2, 0) is 0 Å². The van der Waals surface area contributed by atoms with Crippen molar-refractivity contribution in [2.45, 2.75) is 0 Å². The van der Waals surface area contributed by atoms with E-state index < -0.39 is 0 Å². The maximum atomic E-state index is 5.04. The molecule has 0 atom stereocenters. The molecular formula is C40H25N5S. The van der Waals surface area contributed by atoms with Crippen molar-refractivity contribution >= 4 is 37.2 Å². The molecule has 0 aliphatic heterocycles. The average molecular weight is 608 g/mol. The van der Waals surface area contributed by atoms with E-state index in [1.807, 2.05) is 59.1 Å². The normalized spacial score (nSPS) is 11.5. The second kappa shape index (κ2) is 10.9. The third kappa shape index (κ3) is 4.72. The molecule has 0 fully saturated rings. The van der Waals surface area contributed by atoms with E-state index in [9.17, 15) is 0 Å². The molecule has 6 heteroatoms. The quantitative estimate of drug-likeness (QED) is 0.195. The van der Waals surface area contributed by atoms with E-state index in [1.165, 1.54) is 20.2 Å². The molecule has 0 aliphatic carbocycles. The van der Waals surface area contributed by atoms with Crippen LogP contribution in [0.25, 0.3) is 82.4 Å². The summed E-state index contributed by atoms with van der Waals surface area (Å²) in [5.74, 6) is 1.95. The van der Waals surface area contributed by atoms with Gasteiger partial charge in [-0.1, -0.05) is 109 Å². The van der Waals surface area contributed by atoms with Crippen molar-refractivity contribution < 1.29 is 0 Å². The summed E-state index contributed by atoms with van der Waals surface area (Å²) >= 11 is 1.80. The number of imidazole rings is 1. The zero-order chi connectivity index (χ0) is 30.5. The summed E-state index contributed by atoms with van der Waals surface area (Å²) < 4.78 is 4.54. The Bertz CT molecular complexity index is 2500. The first kappa shape index (κ1) is 26.4. The van der Waals surface area contributed by atoms with Crippen LogP contribution in [0.1, 0.15) is 0 Å². The van der Waals surface area contributed by atoms with Gasteiger partial charge in [-0.15, -0.1) is 11.3 Å². The Hall–Kier alpha value is -5.98. The van der Waals surface area contributed by atoms with Crippen molar-refractivity contribution in [2.24, 2.45) is 0 Å². The van der Waals surface area contributed by atoms with Crippen LogP contribution in [0, 0.1) is 0 Å². The van der Waals surface area contributed by atoms with Crippen LogP contribution in [-0.4, -0.2) is 24.3 Å². The Morgan fingerprint density at radius 2 is 1.04 bits per heavy atom. The van der Waals surface area contributed by atoms with Gasteiger partial charge in [0.05, 0.1) is 5.69 Å². The van der Waals surface area contributed by atoms with Crippen molar-refractivity contribution in [3.05, 3.63) is 152 Å². The fourth-order valence-electron chi connectivity index (χ4n) is 5.96. The van der Waals surface area contributed by atoms with E-state index in [2.05, 4.69) is 97.2 Å². The number of rotatable bonds is 5. The fourth-order valence-corrected chi connectivity index (χ4v) is 7.11. The molecule has 0 amide bonds. The molecule has 4 aromatic heterocycles. The number of nitrogens with zero attached hydrogens (tertiary/aromatic N) is 5. The number of benzene rings is 5. The molecule has 4 heterocycles. The highest BCUT2D eigenvalue weighted by molar-refractivity contribution is 7.25. The number of thiophene rings is 1. The number of aromatic nitrogens is 5. The van der Waals surface area contributed by atoms with Crippen molar-refractivity contribution in [3.63, 3.8) is 0 Å². The summed E-state index contributed by atoms with van der Waals surface area (Å²) in [6.07, 6.45) is 4.08. The minimum absolute atomic E-state index is 0.642. The molecule has 5 nitrogen and oxygen atoms in total. The van der Waals surface area contributed by atoms with Gasteiger partial charge in [0.1, 0.15) is 5.65 Å². The molecular weight excluding hydrogens is 583 g/mol. The Kier molecular flexibility index (Phi) is 6.25. The standard InChI is InChI=1S/C40H25N5S/c1-2-9-28(10-3-1)38-42-39(44-40(43-38)31-20-21-33-32-13-4-5-14-35(32)46-36(33)24-31)30-12-8-11-29(23-30)26-16-18-27(19-17-26)34-25-45-22-7-6-15-37(45)41-34/h1-25H. The fraction of sp³-hybridized carbons (Fsp3) is 0. The number of fused-ring (bicyclic) bond motifs is 4. The van der Waals surface area contributed by atoms with Crippen molar-refractivity contribution in [1.82, 2.24) is 24.3 Å². The van der Waals surface area contributed by atoms with Crippen LogP contribution < -0.4 is 0 Å². The molecule has 0 aliphatic rings.